The molecule has 8 heteroatoms. The molecule has 0 saturated heterocycles. The second-order valence-electron chi connectivity index (χ2n) is 3.00. The van der Waals surface area contributed by atoms with Gasteiger partial charge in [0.15, 0.2) is 0 Å². The van der Waals surface area contributed by atoms with Crippen molar-refractivity contribution in [1.82, 2.24) is 9.78 Å². The van der Waals surface area contributed by atoms with E-state index in [0.717, 1.165) is 10.7 Å². The number of carboxylic acid groups (broad SMARTS) is 1. The zero-order valence-corrected chi connectivity index (χ0v) is 8.06. The molecule has 0 radical (unpaired) electrons. The Morgan fingerprint density at radius 3 is 2.62 bits per heavy atom. The number of hydrogen-bond donors (Lipinski definition) is 2. The van der Waals surface area contributed by atoms with Crippen LogP contribution in [0, 0.1) is 0 Å². The number of primary amides is 1. The Bertz CT molecular complexity index is 417. The molecule has 0 aliphatic carbocycles. The van der Waals surface area contributed by atoms with Crippen LogP contribution >= 0.6 is 0 Å². The van der Waals surface area contributed by atoms with Gasteiger partial charge in [0.2, 0.25) is 5.91 Å². The lowest BCUT2D eigenvalue weighted by Crippen LogP contribution is -2.17. The van der Waals surface area contributed by atoms with Crippen LogP contribution in [0.1, 0.15) is 29.0 Å². The SMILES string of the molecule is NC(=O)CCn1nc(C(F)F)cc1C(=O)O. The van der Waals surface area contributed by atoms with E-state index in [2.05, 4.69) is 5.10 Å². The van der Waals surface area contributed by atoms with Crippen molar-refractivity contribution in [2.24, 2.45) is 5.73 Å². The number of nitrogens with two attached hydrogens (primary N) is 1. The van der Waals surface area contributed by atoms with Crippen LogP contribution in [0.5, 0.6) is 0 Å². The highest BCUT2D eigenvalue weighted by Crippen LogP contribution is 2.18. The molecule has 1 heterocycles. The van der Waals surface area contributed by atoms with Crippen molar-refractivity contribution in [3.8, 4) is 0 Å². The van der Waals surface area contributed by atoms with Gasteiger partial charge in [0.05, 0.1) is 6.54 Å². The summed E-state index contributed by atoms with van der Waals surface area (Å²) in [4.78, 5) is 21.2. The highest BCUT2D eigenvalue weighted by atomic mass is 19.3. The van der Waals surface area contributed by atoms with Gasteiger partial charge < -0.3 is 10.8 Å². The first-order valence-corrected chi connectivity index (χ1v) is 4.29. The molecule has 0 unspecified atom stereocenters. The molecule has 6 nitrogen and oxygen atoms in total. The molecular weight excluding hydrogens is 224 g/mol. The zero-order valence-electron chi connectivity index (χ0n) is 8.06. The van der Waals surface area contributed by atoms with Crippen LogP contribution in [-0.2, 0) is 11.3 Å². The summed E-state index contributed by atoms with van der Waals surface area (Å²) in [7, 11) is 0. The van der Waals surface area contributed by atoms with Gasteiger partial charge in [-0.3, -0.25) is 9.48 Å². The molecule has 88 valence electrons. The van der Waals surface area contributed by atoms with Crippen molar-refractivity contribution < 1.29 is 23.5 Å². The van der Waals surface area contributed by atoms with Crippen molar-refractivity contribution in [2.75, 3.05) is 0 Å². The first-order chi connectivity index (χ1) is 7.41. The molecule has 0 spiro atoms. The van der Waals surface area contributed by atoms with E-state index in [1.165, 1.54) is 0 Å². The van der Waals surface area contributed by atoms with Crippen molar-refractivity contribution in [3.63, 3.8) is 0 Å². The van der Waals surface area contributed by atoms with Gasteiger partial charge in [-0.1, -0.05) is 0 Å². The molecule has 1 rings (SSSR count). The average Bonchev–Trinajstić information content (AvgIpc) is 2.58. The minimum Gasteiger partial charge on any atom is -0.477 e. The number of rotatable bonds is 5. The van der Waals surface area contributed by atoms with Crippen LogP contribution in [0.2, 0.25) is 0 Å². The van der Waals surface area contributed by atoms with Crippen LogP contribution in [0.15, 0.2) is 6.07 Å². The Hall–Kier alpha value is -1.99. The van der Waals surface area contributed by atoms with Crippen LogP contribution in [-0.4, -0.2) is 26.8 Å². The van der Waals surface area contributed by atoms with E-state index < -0.39 is 29.7 Å². The zero-order chi connectivity index (χ0) is 12.3. The number of nitrogens with zero attached hydrogens (tertiary/aromatic N) is 2. The van der Waals surface area contributed by atoms with Crippen molar-refractivity contribution in [3.05, 3.63) is 17.5 Å². The number of carbonyl (C=O) groups excluding carboxylic acids is 1. The Morgan fingerprint density at radius 2 is 2.19 bits per heavy atom. The van der Waals surface area contributed by atoms with E-state index in [9.17, 15) is 18.4 Å². The number of hydrogen-bond acceptors (Lipinski definition) is 3. The maximum Gasteiger partial charge on any atom is 0.354 e. The molecule has 16 heavy (non-hydrogen) atoms. The van der Waals surface area contributed by atoms with Crippen LogP contribution < -0.4 is 5.73 Å². The summed E-state index contributed by atoms with van der Waals surface area (Å²) in [5.41, 5.74) is 3.83. The number of alkyl halides is 2. The normalized spacial score (nSPS) is 10.7. The molecule has 0 aliphatic rings. The average molecular weight is 233 g/mol. The maximum atomic E-state index is 12.3. The van der Waals surface area contributed by atoms with E-state index in [0.29, 0.717) is 0 Å². The van der Waals surface area contributed by atoms with Crippen molar-refractivity contribution >= 4 is 11.9 Å². The number of carbonyl (C=O) groups is 2. The molecule has 0 fully saturated rings. The van der Waals surface area contributed by atoms with E-state index in [4.69, 9.17) is 10.8 Å². The summed E-state index contributed by atoms with van der Waals surface area (Å²) in [6, 6.07) is 0.772. The highest BCUT2D eigenvalue weighted by Gasteiger charge is 2.19. The smallest absolute Gasteiger partial charge is 0.354 e. The lowest BCUT2D eigenvalue weighted by Gasteiger charge is -2.01. The number of amides is 1. The number of halogens is 2. The van der Waals surface area contributed by atoms with Crippen molar-refractivity contribution in [1.29, 1.82) is 0 Å². The van der Waals surface area contributed by atoms with Gasteiger partial charge in [0, 0.05) is 6.42 Å². The second-order valence-corrected chi connectivity index (χ2v) is 3.00. The summed E-state index contributed by atoms with van der Waals surface area (Å²) in [5, 5.41) is 12.1. The fourth-order valence-electron chi connectivity index (χ4n) is 1.10. The molecule has 0 atom stereocenters. The van der Waals surface area contributed by atoms with Crippen LogP contribution in [0.25, 0.3) is 0 Å². The van der Waals surface area contributed by atoms with Gasteiger partial charge in [-0.2, -0.15) is 5.10 Å². The third-order valence-corrected chi connectivity index (χ3v) is 1.81. The summed E-state index contributed by atoms with van der Waals surface area (Å²) < 4.78 is 25.4. The monoisotopic (exact) mass is 233 g/mol. The van der Waals surface area contributed by atoms with Gasteiger partial charge in [0.1, 0.15) is 11.4 Å². The fourth-order valence-corrected chi connectivity index (χ4v) is 1.10. The Morgan fingerprint density at radius 1 is 1.56 bits per heavy atom. The predicted octanol–water partition coefficient (Wildman–Crippen LogP) is 0.394. The van der Waals surface area contributed by atoms with Crippen molar-refractivity contribution in [2.45, 2.75) is 19.4 Å². The first kappa shape index (κ1) is 12.1. The summed E-state index contributed by atoms with van der Waals surface area (Å²) >= 11 is 0. The number of carboxylic acids is 1. The van der Waals surface area contributed by atoms with Gasteiger partial charge >= 0.3 is 5.97 Å². The lowest BCUT2D eigenvalue weighted by molar-refractivity contribution is -0.118. The third kappa shape index (κ3) is 2.75. The quantitative estimate of drug-likeness (QED) is 0.768. The molecule has 0 aromatic carbocycles. The van der Waals surface area contributed by atoms with E-state index in [1.54, 1.807) is 0 Å². The third-order valence-electron chi connectivity index (χ3n) is 1.81. The Balaban J connectivity index is 2.96. The van der Waals surface area contributed by atoms with Gasteiger partial charge in [0.25, 0.3) is 6.43 Å². The predicted molar refractivity (Wildman–Crippen MR) is 48.0 cm³/mol. The van der Waals surface area contributed by atoms with E-state index in [1.807, 2.05) is 0 Å². The molecule has 1 aromatic rings. The number of aryl methyl sites for hydroxylation is 1. The number of aromatic nitrogens is 2. The van der Waals surface area contributed by atoms with E-state index >= 15 is 0 Å². The summed E-state index contributed by atoms with van der Waals surface area (Å²) in [6.07, 6.45) is -3.02. The second kappa shape index (κ2) is 4.69. The molecular formula is C8H9F2N3O3. The van der Waals surface area contributed by atoms with Crippen LogP contribution in [0.4, 0.5) is 8.78 Å². The summed E-state index contributed by atoms with van der Waals surface area (Å²) in [5.74, 6) is -2.05. The first-order valence-electron chi connectivity index (χ1n) is 4.29. The maximum absolute atomic E-state index is 12.3. The van der Waals surface area contributed by atoms with Gasteiger partial charge in [-0.15, -0.1) is 0 Å². The highest BCUT2D eigenvalue weighted by molar-refractivity contribution is 5.85. The molecule has 1 amide bonds. The van der Waals surface area contributed by atoms with E-state index in [-0.39, 0.29) is 13.0 Å². The lowest BCUT2D eigenvalue weighted by atomic mass is 10.3. The molecule has 0 saturated carbocycles. The Labute approximate surface area is 88.7 Å². The van der Waals surface area contributed by atoms with Crippen LogP contribution in [0.3, 0.4) is 0 Å². The number of aromatic carboxylic acids is 1. The topological polar surface area (TPSA) is 98.2 Å². The molecule has 3 N–H and O–H groups in total. The fraction of sp³-hybridized carbons (Fsp3) is 0.375. The minimum absolute atomic E-state index is 0.135. The van der Waals surface area contributed by atoms with Gasteiger partial charge in [-0.25, -0.2) is 13.6 Å². The standard InChI is InChI=1S/C8H9F2N3O3/c9-7(10)4-3-5(8(15)16)13(12-4)2-1-6(11)14/h3,7H,1-2H2,(H2,11,14)(H,15,16). The summed E-state index contributed by atoms with van der Waals surface area (Å²) in [6.45, 7) is -0.135. The minimum atomic E-state index is -2.85. The van der Waals surface area contributed by atoms with Gasteiger partial charge in [-0.05, 0) is 6.07 Å². The molecule has 1 aromatic heterocycles. The Kier molecular flexibility index (Phi) is 3.54. The molecule has 0 bridgehead atoms. The largest absolute Gasteiger partial charge is 0.477 e. The molecule has 0 aliphatic heterocycles.